The van der Waals surface area contributed by atoms with E-state index in [1.165, 1.54) is 39.3 Å². The summed E-state index contributed by atoms with van der Waals surface area (Å²) in [6.07, 6.45) is 1.14. The van der Waals surface area contributed by atoms with Crippen molar-refractivity contribution in [1.29, 1.82) is 0 Å². The van der Waals surface area contributed by atoms with E-state index in [1.807, 2.05) is 0 Å². The third kappa shape index (κ3) is 4.45. The topological polar surface area (TPSA) is 113 Å². The highest BCUT2D eigenvalue weighted by atomic mass is 19.4. The number of nitrogens with one attached hydrogen (secondary N) is 4. The summed E-state index contributed by atoms with van der Waals surface area (Å²) < 4.78 is 51.8. The first-order valence-electron chi connectivity index (χ1n) is 11.2. The Kier molecular flexibility index (Phi) is 5.70. The number of hydrogen-bond donors (Lipinski definition) is 4. The molecule has 0 bridgehead atoms. The monoisotopic (exact) mass is 490 g/mol. The zero-order valence-corrected chi connectivity index (χ0v) is 19.2. The van der Waals surface area contributed by atoms with Crippen molar-refractivity contribution in [3.05, 3.63) is 30.1 Å². The van der Waals surface area contributed by atoms with Gasteiger partial charge in [-0.25, -0.2) is 14.8 Å². The van der Waals surface area contributed by atoms with Gasteiger partial charge in [0.05, 0.1) is 31.1 Å². The minimum Gasteiger partial charge on any atom is -0.492 e. The molecule has 3 heterocycles. The van der Waals surface area contributed by atoms with Crippen LogP contribution in [0.1, 0.15) is 31.2 Å². The maximum atomic E-state index is 13.9. The summed E-state index contributed by atoms with van der Waals surface area (Å²) in [5.41, 5.74) is 0.00951. The molecule has 3 aromatic rings. The zero-order valence-electron chi connectivity index (χ0n) is 19.2. The minimum atomic E-state index is -4.65. The Morgan fingerprint density at radius 3 is 2.66 bits per heavy atom. The SMILES string of the molecule is COC(=O)Nc1ccc2c(-c3nc(N[C@H]4CCC5(CC5)NC4)ncc3C(F)(F)F)c[nH]c2c1OC. The predicted molar refractivity (Wildman–Crippen MR) is 124 cm³/mol. The van der Waals surface area contributed by atoms with E-state index in [0.717, 1.165) is 19.0 Å². The summed E-state index contributed by atoms with van der Waals surface area (Å²) in [5, 5.41) is 9.68. The van der Waals surface area contributed by atoms with Crippen molar-refractivity contribution in [2.45, 2.75) is 43.4 Å². The van der Waals surface area contributed by atoms with Gasteiger partial charge in [0.15, 0.2) is 5.75 Å². The molecule has 1 aliphatic carbocycles. The van der Waals surface area contributed by atoms with Gasteiger partial charge in [-0.15, -0.1) is 0 Å². The van der Waals surface area contributed by atoms with Crippen molar-refractivity contribution in [3.63, 3.8) is 0 Å². The van der Waals surface area contributed by atoms with Gasteiger partial charge in [-0.3, -0.25) is 5.32 Å². The zero-order chi connectivity index (χ0) is 24.8. The summed E-state index contributed by atoms with van der Waals surface area (Å²) in [6, 6.07) is 3.15. The first-order chi connectivity index (χ1) is 16.7. The molecule has 1 amide bonds. The average Bonchev–Trinajstić information content (AvgIpc) is 3.45. The second-order valence-electron chi connectivity index (χ2n) is 8.88. The molecule has 1 aromatic carbocycles. The molecule has 0 radical (unpaired) electrons. The number of alkyl halides is 3. The number of H-pyrrole nitrogens is 1. The van der Waals surface area contributed by atoms with Gasteiger partial charge < -0.3 is 25.1 Å². The van der Waals surface area contributed by atoms with E-state index < -0.39 is 17.8 Å². The van der Waals surface area contributed by atoms with Gasteiger partial charge in [0.2, 0.25) is 5.95 Å². The Bertz CT molecular complexity index is 1260. The molecule has 35 heavy (non-hydrogen) atoms. The summed E-state index contributed by atoms with van der Waals surface area (Å²) in [7, 11) is 2.62. The average molecular weight is 490 g/mol. The number of amides is 1. The Labute approximate surface area is 198 Å². The normalized spacial score (nSPS) is 18.9. The number of nitrogens with zero attached hydrogens (tertiary/aromatic N) is 2. The van der Waals surface area contributed by atoms with E-state index in [9.17, 15) is 18.0 Å². The van der Waals surface area contributed by atoms with Crippen molar-refractivity contribution in [3.8, 4) is 17.0 Å². The van der Waals surface area contributed by atoms with E-state index in [2.05, 4.69) is 35.6 Å². The molecular formula is C23H25F3N6O3. The third-order valence-electron chi connectivity index (χ3n) is 6.67. The molecule has 4 N–H and O–H groups in total. The van der Waals surface area contributed by atoms with Gasteiger partial charge in [-0.05, 0) is 37.8 Å². The fourth-order valence-electron chi connectivity index (χ4n) is 4.57. The van der Waals surface area contributed by atoms with E-state index in [0.29, 0.717) is 23.1 Å². The quantitative estimate of drug-likeness (QED) is 0.416. The van der Waals surface area contributed by atoms with Gasteiger partial charge in [-0.1, -0.05) is 0 Å². The number of hydrogen-bond acceptors (Lipinski definition) is 7. The van der Waals surface area contributed by atoms with Crippen LogP contribution in [0.3, 0.4) is 0 Å². The highest BCUT2D eigenvalue weighted by molar-refractivity contribution is 6.03. The maximum absolute atomic E-state index is 13.9. The van der Waals surface area contributed by atoms with Crippen LogP contribution in [0.4, 0.5) is 29.6 Å². The van der Waals surface area contributed by atoms with Gasteiger partial charge in [0, 0.05) is 41.5 Å². The summed E-state index contributed by atoms with van der Waals surface area (Å²) in [4.78, 5) is 22.9. The molecule has 1 atom stereocenters. The van der Waals surface area contributed by atoms with Gasteiger partial charge in [0.25, 0.3) is 0 Å². The first-order valence-corrected chi connectivity index (χ1v) is 11.2. The van der Waals surface area contributed by atoms with Crippen LogP contribution in [0.2, 0.25) is 0 Å². The third-order valence-corrected chi connectivity index (χ3v) is 6.67. The predicted octanol–water partition coefficient (Wildman–Crippen LogP) is 4.53. The highest BCUT2D eigenvalue weighted by Gasteiger charge is 2.45. The van der Waals surface area contributed by atoms with Crippen molar-refractivity contribution in [2.75, 3.05) is 31.4 Å². The fourth-order valence-corrected chi connectivity index (χ4v) is 4.57. The number of rotatable bonds is 5. The molecule has 12 heteroatoms. The number of halogens is 3. The highest BCUT2D eigenvalue weighted by Crippen LogP contribution is 2.43. The molecule has 2 aromatic heterocycles. The van der Waals surface area contributed by atoms with Crippen LogP contribution in [0.15, 0.2) is 24.5 Å². The molecule has 5 rings (SSSR count). The van der Waals surface area contributed by atoms with Gasteiger partial charge >= 0.3 is 12.3 Å². The maximum Gasteiger partial charge on any atom is 0.419 e. The van der Waals surface area contributed by atoms with Crippen molar-refractivity contribution in [1.82, 2.24) is 20.3 Å². The number of ether oxygens (including phenoxy) is 2. The lowest BCUT2D eigenvalue weighted by Gasteiger charge is -2.30. The van der Waals surface area contributed by atoms with Crippen LogP contribution in [0, 0.1) is 0 Å². The van der Waals surface area contributed by atoms with Crippen LogP contribution < -0.4 is 20.7 Å². The van der Waals surface area contributed by atoms with Gasteiger partial charge in [-0.2, -0.15) is 13.2 Å². The van der Waals surface area contributed by atoms with Crippen LogP contribution in [0.5, 0.6) is 5.75 Å². The van der Waals surface area contributed by atoms with E-state index in [-0.39, 0.29) is 34.5 Å². The Hall–Kier alpha value is -3.54. The van der Waals surface area contributed by atoms with Crippen molar-refractivity contribution in [2.24, 2.45) is 0 Å². The number of carbonyl (C=O) groups excluding carboxylic acids is 1. The number of carbonyl (C=O) groups is 1. The molecule has 186 valence electrons. The number of piperidine rings is 1. The molecule has 2 fully saturated rings. The molecule has 1 aliphatic heterocycles. The Morgan fingerprint density at radius 2 is 2.03 bits per heavy atom. The summed E-state index contributed by atoms with van der Waals surface area (Å²) in [5.74, 6) is 0.388. The molecule has 2 aliphatic rings. The number of methoxy groups -OCH3 is 2. The number of anilines is 2. The Balaban J connectivity index is 1.52. The van der Waals surface area contributed by atoms with E-state index >= 15 is 0 Å². The van der Waals surface area contributed by atoms with Crippen LogP contribution in [0.25, 0.3) is 22.2 Å². The first kappa shape index (κ1) is 23.2. The number of fused-ring (bicyclic) bond motifs is 1. The van der Waals surface area contributed by atoms with Gasteiger partial charge in [0.1, 0.15) is 5.56 Å². The summed E-state index contributed by atoms with van der Waals surface area (Å²) in [6.45, 7) is 0.708. The number of aromatic amines is 1. The van der Waals surface area contributed by atoms with E-state index in [1.54, 1.807) is 6.07 Å². The van der Waals surface area contributed by atoms with Crippen LogP contribution in [-0.2, 0) is 10.9 Å². The second-order valence-corrected chi connectivity index (χ2v) is 8.88. The molecular weight excluding hydrogens is 465 g/mol. The molecule has 9 nitrogen and oxygen atoms in total. The van der Waals surface area contributed by atoms with Crippen LogP contribution >= 0.6 is 0 Å². The second kappa shape index (κ2) is 8.59. The minimum absolute atomic E-state index is 0.0285. The lowest BCUT2D eigenvalue weighted by Crippen LogP contribution is -2.46. The lowest BCUT2D eigenvalue weighted by atomic mass is 9.99. The van der Waals surface area contributed by atoms with Crippen molar-refractivity contribution >= 4 is 28.6 Å². The fraction of sp³-hybridized carbons (Fsp3) is 0.435. The molecule has 1 saturated heterocycles. The van der Waals surface area contributed by atoms with Crippen LogP contribution in [-0.4, -0.2) is 53.4 Å². The smallest absolute Gasteiger partial charge is 0.419 e. The lowest BCUT2D eigenvalue weighted by molar-refractivity contribution is -0.137. The Morgan fingerprint density at radius 1 is 1.23 bits per heavy atom. The molecule has 1 saturated carbocycles. The van der Waals surface area contributed by atoms with E-state index in [4.69, 9.17) is 4.74 Å². The van der Waals surface area contributed by atoms with Crippen molar-refractivity contribution < 1.29 is 27.4 Å². The largest absolute Gasteiger partial charge is 0.492 e. The number of aromatic nitrogens is 3. The molecule has 1 spiro atoms. The standard InChI is InChI=1S/C23H25F3N6O3/c1-34-19-16(31-21(33)35-2)4-3-13-14(10-27-18(13)19)17-15(23(24,25)26)11-28-20(32-17)30-12-5-6-22(7-8-22)29-9-12/h3-4,10-12,27,29H,5-9H2,1-2H3,(H,31,33)(H,28,30,32)/t12-/m0/s1. The summed E-state index contributed by atoms with van der Waals surface area (Å²) >= 11 is 0. The molecule has 0 unspecified atom stereocenters. The number of benzene rings is 1.